The third kappa shape index (κ3) is 3.16. The Morgan fingerprint density at radius 1 is 1.39 bits per heavy atom. The zero-order valence-corrected chi connectivity index (χ0v) is 11.3. The molecule has 0 saturated carbocycles. The van der Waals surface area contributed by atoms with Gasteiger partial charge in [-0.05, 0) is 19.2 Å². The molecule has 2 aromatic heterocycles. The minimum atomic E-state index is -3.50. The summed E-state index contributed by atoms with van der Waals surface area (Å²) in [4.78, 5) is 4.12. The van der Waals surface area contributed by atoms with E-state index in [-0.39, 0.29) is 5.09 Å². The number of sulfonamides is 1. The van der Waals surface area contributed by atoms with Crippen LogP contribution in [0.2, 0.25) is 0 Å². The molecule has 8 heteroatoms. The van der Waals surface area contributed by atoms with Crippen LogP contribution in [0.3, 0.4) is 0 Å². The van der Waals surface area contributed by atoms with Gasteiger partial charge in [-0.3, -0.25) is 0 Å². The van der Waals surface area contributed by atoms with Crippen molar-refractivity contribution in [1.82, 2.24) is 15.0 Å². The topological polar surface area (TPSA) is 84.2 Å². The second-order valence-corrected chi connectivity index (χ2v) is 6.05. The highest BCUT2D eigenvalue weighted by Crippen LogP contribution is 2.13. The molecule has 0 aliphatic rings. The van der Waals surface area contributed by atoms with Crippen molar-refractivity contribution in [3.8, 4) is 0 Å². The SMILES string of the molecule is CNS(=O)(=O)c1ccc(CNCc2cscn2)o1. The molecule has 0 radical (unpaired) electrons. The van der Waals surface area contributed by atoms with E-state index in [1.54, 1.807) is 11.6 Å². The molecule has 0 spiro atoms. The van der Waals surface area contributed by atoms with Crippen molar-refractivity contribution < 1.29 is 12.8 Å². The Kier molecular flexibility index (Phi) is 4.12. The maximum absolute atomic E-state index is 11.4. The van der Waals surface area contributed by atoms with Gasteiger partial charge in [0.2, 0.25) is 5.09 Å². The molecule has 0 saturated heterocycles. The van der Waals surface area contributed by atoms with E-state index in [1.165, 1.54) is 24.5 Å². The van der Waals surface area contributed by atoms with Gasteiger partial charge in [-0.2, -0.15) is 0 Å². The average Bonchev–Trinajstić information content (AvgIpc) is 3.00. The number of aromatic nitrogens is 1. The van der Waals surface area contributed by atoms with Crippen molar-refractivity contribution in [3.63, 3.8) is 0 Å². The van der Waals surface area contributed by atoms with Crippen molar-refractivity contribution in [2.75, 3.05) is 7.05 Å². The van der Waals surface area contributed by atoms with Crippen LogP contribution in [0.1, 0.15) is 11.5 Å². The summed E-state index contributed by atoms with van der Waals surface area (Å²) >= 11 is 1.53. The monoisotopic (exact) mass is 287 g/mol. The zero-order valence-electron chi connectivity index (χ0n) is 9.71. The number of thiazole rings is 1. The predicted molar refractivity (Wildman–Crippen MR) is 67.6 cm³/mol. The Morgan fingerprint density at radius 3 is 2.89 bits per heavy atom. The van der Waals surface area contributed by atoms with Crippen LogP contribution in [0.15, 0.2) is 32.5 Å². The molecular formula is C10H13N3O3S2. The van der Waals surface area contributed by atoms with Crippen LogP contribution in [-0.2, 0) is 23.1 Å². The van der Waals surface area contributed by atoms with Crippen molar-refractivity contribution in [1.29, 1.82) is 0 Å². The quantitative estimate of drug-likeness (QED) is 0.826. The summed E-state index contributed by atoms with van der Waals surface area (Å²) in [5.41, 5.74) is 2.72. The van der Waals surface area contributed by atoms with Crippen LogP contribution in [0.4, 0.5) is 0 Å². The first-order valence-electron chi connectivity index (χ1n) is 5.22. The molecule has 0 fully saturated rings. The lowest BCUT2D eigenvalue weighted by Crippen LogP contribution is -2.17. The van der Waals surface area contributed by atoms with Gasteiger partial charge in [-0.15, -0.1) is 11.3 Å². The van der Waals surface area contributed by atoms with Gasteiger partial charge in [0, 0.05) is 11.9 Å². The Labute approximate surface area is 109 Å². The summed E-state index contributed by atoms with van der Waals surface area (Å²) in [6, 6.07) is 3.07. The number of rotatable bonds is 6. The fraction of sp³-hybridized carbons (Fsp3) is 0.300. The predicted octanol–water partition coefficient (Wildman–Crippen LogP) is 0.934. The molecule has 0 amide bonds. The summed E-state index contributed by atoms with van der Waals surface area (Å²) in [5, 5.41) is 5.00. The molecule has 2 aromatic rings. The number of hydrogen-bond acceptors (Lipinski definition) is 6. The smallest absolute Gasteiger partial charge is 0.273 e. The first-order chi connectivity index (χ1) is 8.62. The van der Waals surface area contributed by atoms with Crippen LogP contribution in [0.5, 0.6) is 0 Å². The highest BCUT2D eigenvalue weighted by Gasteiger charge is 2.15. The lowest BCUT2D eigenvalue weighted by atomic mass is 10.4. The van der Waals surface area contributed by atoms with Crippen molar-refractivity contribution >= 4 is 21.4 Å². The lowest BCUT2D eigenvalue weighted by Gasteiger charge is -2.00. The van der Waals surface area contributed by atoms with Gasteiger partial charge < -0.3 is 9.73 Å². The Morgan fingerprint density at radius 2 is 2.22 bits per heavy atom. The third-order valence-corrected chi connectivity index (χ3v) is 4.18. The summed E-state index contributed by atoms with van der Waals surface area (Å²) < 4.78 is 30.3. The van der Waals surface area contributed by atoms with Crippen LogP contribution < -0.4 is 10.0 Å². The summed E-state index contributed by atoms with van der Waals surface area (Å²) in [7, 11) is -2.16. The molecule has 18 heavy (non-hydrogen) atoms. The van der Waals surface area contributed by atoms with Crippen molar-refractivity contribution in [3.05, 3.63) is 34.5 Å². The largest absolute Gasteiger partial charge is 0.447 e. The standard InChI is InChI=1S/C10H13N3O3S2/c1-11-18(14,15)10-3-2-9(16-10)5-12-4-8-6-17-7-13-8/h2-3,6-7,11-12H,4-5H2,1H3. The first-order valence-corrected chi connectivity index (χ1v) is 7.64. The molecule has 2 heterocycles. The molecular weight excluding hydrogens is 274 g/mol. The molecule has 0 aliphatic heterocycles. The number of nitrogens with zero attached hydrogens (tertiary/aromatic N) is 1. The molecule has 0 atom stereocenters. The average molecular weight is 287 g/mol. The normalized spacial score (nSPS) is 11.8. The first kappa shape index (κ1) is 13.2. The van der Waals surface area contributed by atoms with Crippen molar-refractivity contribution in [2.45, 2.75) is 18.2 Å². The van der Waals surface area contributed by atoms with E-state index < -0.39 is 10.0 Å². The summed E-state index contributed by atoms with van der Waals surface area (Å²) in [6.07, 6.45) is 0. The Hall–Kier alpha value is -1.22. The minimum Gasteiger partial charge on any atom is -0.447 e. The van der Waals surface area contributed by atoms with E-state index in [9.17, 15) is 8.42 Å². The van der Waals surface area contributed by atoms with Crippen LogP contribution in [-0.4, -0.2) is 20.4 Å². The number of nitrogens with one attached hydrogen (secondary N) is 2. The minimum absolute atomic E-state index is 0.0736. The molecule has 98 valence electrons. The number of hydrogen-bond donors (Lipinski definition) is 2. The zero-order chi connectivity index (χ0) is 13.0. The molecule has 0 bridgehead atoms. The van der Waals surface area contributed by atoms with E-state index in [1.807, 2.05) is 5.38 Å². The van der Waals surface area contributed by atoms with Gasteiger partial charge in [0.1, 0.15) is 5.76 Å². The summed E-state index contributed by atoms with van der Waals surface area (Å²) in [6.45, 7) is 1.08. The van der Waals surface area contributed by atoms with Gasteiger partial charge in [-0.25, -0.2) is 18.1 Å². The third-order valence-electron chi connectivity index (χ3n) is 2.26. The van der Waals surface area contributed by atoms with E-state index >= 15 is 0 Å². The van der Waals surface area contributed by atoms with Crippen LogP contribution >= 0.6 is 11.3 Å². The molecule has 2 rings (SSSR count). The van der Waals surface area contributed by atoms with Gasteiger partial charge in [0.15, 0.2) is 0 Å². The molecule has 0 aliphatic carbocycles. The molecule has 0 aromatic carbocycles. The van der Waals surface area contributed by atoms with Crippen LogP contribution in [0, 0.1) is 0 Å². The van der Waals surface area contributed by atoms with E-state index in [0.29, 0.717) is 18.8 Å². The maximum atomic E-state index is 11.4. The second-order valence-electron chi connectivity index (χ2n) is 3.51. The van der Waals surface area contributed by atoms with E-state index in [0.717, 1.165) is 5.69 Å². The fourth-order valence-electron chi connectivity index (χ4n) is 1.34. The van der Waals surface area contributed by atoms with E-state index in [2.05, 4.69) is 15.0 Å². The van der Waals surface area contributed by atoms with Crippen LogP contribution in [0.25, 0.3) is 0 Å². The molecule has 2 N–H and O–H groups in total. The fourth-order valence-corrected chi connectivity index (χ4v) is 2.56. The van der Waals surface area contributed by atoms with Gasteiger partial charge in [0.25, 0.3) is 10.0 Å². The maximum Gasteiger partial charge on any atom is 0.273 e. The number of furan rings is 1. The molecule has 6 nitrogen and oxygen atoms in total. The highest BCUT2D eigenvalue weighted by molar-refractivity contribution is 7.89. The van der Waals surface area contributed by atoms with Crippen molar-refractivity contribution in [2.24, 2.45) is 0 Å². The molecule has 0 unspecified atom stereocenters. The highest BCUT2D eigenvalue weighted by atomic mass is 32.2. The summed E-state index contributed by atoms with van der Waals surface area (Å²) in [5.74, 6) is 0.569. The van der Waals surface area contributed by atoms with Gasteiger partial charge in [-0.1, -0.05) is 0 Å². The van der Waals surface area contributed by atoms with E-state index in [4.69, 9.17) is 4.42 Å². The second kappa shape index (κ2) is 5.61. The van der Waals surface area contributed by atoms with Gasteiger partial charge in [0.05, 0.1) is 17.7 Å². The lowest BCUT2D eigenvalue weighted by molar-refractivity contribution is 0.400. The Bertz CT molecular complexity index is 590. The Balaban J connectivity index is 1.91. The van der Waals surface area contributed by atoms with Gasteiger partial charge >= 0.3 is 0 Å².